The van der Waals surface area contributed by atoms with Crippen LogP contribution in [0.15, 0.2) is 107 Å². The third-order valence-corrected chi connectivity index (χ3v) is 18.2. The summed E-state index contributed by atoms with van der Waals surface area (Å²) in [6.45, 7) is 3.74. The number of aliphatic hydroxyl groups is 2. The Hall–Kier alpha value is -10.8. The van der Waals surface area contributed by atoms with Gasteiger partial charge in [-0.25, -0.2) is 4.79 Å². The molecule has 5 aromatic rings. The summed E-state index contributed by atoms with van der Waals surface area (Å²) in [7, 11) is 1.51. The number of pyridine rings is 1. The van der Waals surface area contributed by atoms with Crippen molar-refractivity contribution in [3.05, 3.63) is 120 Å². The number of benzene rings is 3. The normalized spacial score (nSPS) is 19.9. The van der Waals surface area contributed by atoms with Gasteiger partial charge in [-0.15, -0.1) is 0 Å². The van der Waals surface area contributed by atoms with Gasteiger partial charge in [0, 0.05) is 54.4 Å². The minimum absolute atomic E-state index is 0.0197. The number of amides is 12. The van der Waals surface area contributed by atoms with Crippen LogP contribution in [0.1, 0.15) is 99.9 Å². The van der Waals surface area contributed by atoms with E-state index in [0.717, 1.165) is 4.68 Å². The van der Waals surface area contributed by atoms with Gasteiger partial charge in [0.15, 0.2) is 0 Å². The lowest BCUT2D eigenvalue weighted by Gasteiger charge is -2.28. The number of aliphatic hydroxyl groups excluding tert-OH is 2. The van der Waals surface area contributed by atoms with Crippen molar-refractivity contribution in [3.63, 3.8) is 0 Å². The van der Waals surface area contributed by atoms with E-state index in [2.05, 4.69) is 68.6 Å². The van der Waals surface area contributed by atoms with Crippen molar-refractivity contribution in [2.75, 3.05) is 59.5 Å². The van der Waals surface area contributed by atoms with Crippen molar-refractivity contribution in [1.82, 2.24) is 78.1 Å². The molecule has 0 bridgehead atoms. The fraction of sp³-hybridized carbons (Fsp3) is 0.458. The molecule has 108 heavy (non-hydrogen) atoms. The molecular formula is C72H99N19O16S. The minimum atomic E-state index is -1.80. The summed E-state index contributed by atoms with van der Waals surface area (Å²) in [6, 6.07) is 11.1. The molecule has 0 saturated carbocycles. The predicted molar refractivity (Wildman–Crippen MR) is 399 cm³/mol. The highest BCUT2D eigenvalue weighted by Gasteiger charge is 2.38. The van der Waals surface area contributed by atoms with Crippen LogP contribution in [-0.4, -0.2) is 233 Å². The quantitative estimate of drug-likeness (QED) is 0.0158. The van der Waals surface area contributed by atoms with E-state index in [1.165, 1.54) is 37.6 Å². The molecule has 1 aliphatic rings. The lowest BCUT2D eigenvalue weighted by molar-refractivity contribution is -0.136. The van der Waals surface area contributed by atoms with Gasteiger partial charge >= 0.3 is 6.03 Å². The molecule has 35 nitrogen and oxygen atoms in total. The van der Waals surface area contributed by atoms with E-state index in [1.807, 2.05) is 0 Å². The monoisotopic (exact) mass is 1520 g/mol. The van der Waals surface area contributed by atoms with Gasteiger partial charge in [0.1, 0.15) is 61.0 Å². The fourth-order valence-electron chi connectivity index (χ4n) is 11.4. The van der Waals surface area contributed by atoms with Gasteiger partial charge in [-0.2, -0.15) is 9.78 Å². The Labute approximate surface area is 628 Å². The third kappa shape index (κ3) is 26.0. The van der Waals surface area contributed by atoms with Crippen molar-refractivity contribution < 1.29 is 77.3 Å². The van der Waals surface area contributed by atoms with Gasteiger partial charge in [0.2, 0.25) is 59.1 Å². The van der Waals surface area contributed by atoms with Crippen LogP contribution < -0.4 is 81.4 Å². The number of nitrogens with zero attached hydrogens (tertiary/aromatic N) is 4. The van der Waals surface area contributed by atoms with Crippen molar-refractivity contribution in [1.29, 1.82) is 0 Å². The number of fused-ring (bicyclic) bond motifs is 1. The average Bonchev–Trinajstić information content (AvgIpc) is 1.62. The summed E-state index contributed by atoms with van der Waals surface area (Å²) in [6.07, 6.45) is -0.461. The molecule has 2 aromatic heterocycles. The first-order valence-corrected chi connectivity index (χ1v) is 36.2. The van der Waals surface area contributed by atoms with E-state index < -0.39 is 158 Å². The Morgan fingerprint density at radius 3 is 1.89 bits per heavy atom. The van der Waals surface area contributed by atoms with E-state index in [9.17, 15) is 72.5 Å². The van der Waals surface area contributed by atoms with Crippen LogP contribution in [0.2, 0.25) is 0 Å². The number of nitrogens with one attached hydrogen (secondary N) is 11. The Bertz CT molecular complexity index is 3940. The van der Waals surface area contributed by atoms with E-state index in [0.29, 0.717) is 43.2 Å². The molecule has 584 valence electrons. The highest BCUT2D eigenvalue weighted by atomic mass is 32.2. The summed E-state index contributed by atoms with van der Waals surface area (Å²) in [5, 5.41) is 55.3. The minimum Gasteiger partial charge on any atom is -0.466 e. The Morgan fingerprint density at radius 1 is 0.685 bits per heavy atom. The molecule has 0 unspecified atom stereocenters. The number of nitrogens with two attached hydrogens (primary N) is 4. The molecule has 1 aliphatic heterocycles. The van der Waals surface area contributed by atoms with Crippen molar-refractivity contribution in [3.8, 4) is 0 Å². The van der Waals surface area contributed by atoms with Crippen LogP contribution in [0.25, 0.3) is 23.1 Å². The van der Waals surface area contributed by atoms with Crippen molar-refractivity contribution in [2.45, 2.75) is 155 Å². The van der Waals surface area contributed by atoms with Gasteiger partial charge in [0.25, 0.3) is 12.4 Å². The first kappa shape index (κ1) is 86.2. The maximum atomic E-state index is 14.8. The number of carbonyl (C=O) groups excluding carboxylic acids is 13. The maximum Gasteiger partial charge on any atom is 0.345 e. The van der Waals surface area contributed by atoms with Crippen LogP contribution in [0.4, 0.5) is 4.79 Å². The maximum absolute atomic E-state index is 14.8. The molecule has 6 rings (SSSR count). The highest BCUT2D eigenvalue weighted by Crippen LogP contribution is 2.34. The van der Waals surface area contributed by atoms with Crippen molar-refractivity contribution in [2.24, 2.45) is 28.9 Å². The number of rotatable bonds is 31. The molecule has 3 aromatic carbocycles. The molecule has 12 amide bonds. The number of aromatic nitrogens is 3. The molecule has 1 saturated heterocycles. The second-order valence-electron chi connectivity index (χ2n) is 25.9. The van der Waals surface area contributed by atoms with Gasteiger partial charge in [-0.1, -0.05) is 74.1 Å². The van der Waals surface area contributed by atoms with Gasteiger partial charge in [0.05, 0.1) is 41.2 Å². The number of hydrogen-bond acceptors (Lipinski definition) is 23. The lowest BCUT2D eigenvalue weighted by Crippen LogP contribution is -2.61. The Kier molecular flexibility index (Phi) is 34.9. The third-order valence-electron chi connectivity index (χ3n) is 17.1. The second kappa shape index (κ2) is 43.8. The smallest absolute Gasteiger partial charge is 0.345 e. The van der Waals surface area contributed by atoms with E-state index >= 15 is 0 Å². The van der Waals surface area contributed by atoms with Gasteiger partial charge in [-0.3, -0.25) is 62.5 Å². The number of hydrogen-bond donors (Lipinski definition) is 17. The van der Waals surface area contributed by atoms with Crippen LogP contribution in [0, 0.1) is 5.92 Å². The van der Waals surface area contributed by atoms with Gasteiger partial charge in [-0.05, 0) is 145 Å². The molecule has 0 aliphatic carbocycles. The molecule has 21 N–H and O–H groups in total. The molecule has 0 radical (unpaired) electrons. The SMILES string of the molecule is CNC(=O)c1ccccc1Sc1ccc2c(/C=C/c3ccccn3)nn(C(=O)N(CCOC=O)CCC(=O)N[C@H](C(=O)N[C@H](CCN)C(=O)N[C@H]3CCNC(=O)[C@@H]([C@@H](C)O)NC(=O)[C@@H](CCN)NC(=O)[C@@H](CCN)NC(=O)[C@@H](CC(C)C)NC(=O)[C@@H](Cc4ccccc4)NC(=O)[C@@H](CCN)NC3=O)[C@@H](C)O)c2c1. The zero-order chi connectivity index (χ0) is 79.0. The molecule has 11 atom stereocenters. The highest BCUT2D eigenvalue weighted by molar-refractivity contribution is 7.99. The van der Waals surface area contributed by atoms with Crippen LogP contribution in [-0.2, 0) is 63.9 Å². The molecular weight excluding hydrogens is 1420 g/mol. The summed E-state index contributed by atoms with van der Waals surface area (Å²) >= 11 is 1.25. The van der Waals surface area contributed by atoms with E-state index in [1.54, 1.807) is 123 Å². The largest absolute Gasteiger partial charge is 0.466 e. The van der Waals surface area contributed by atoms with Crippen LogP contribution >= 0.6 is 11.8 Å². The number of ether oxygens (including phenoxy) is 1. The Balaban J connectivity index is 1.28. The standard InChI is InChI=1S/C72H99N19O16S/c1-41(2)37-55-68(102)82-50(22-28-73)63(97)81-53(25-31-76)67(101)88-60(42(3)93)70(104)79-33-26-54(66(100)80-51(23-29-74)65(99)86-56(69(103)85-55)38-44-13-7-6-8-14-44)83-64(98)52(24-30-75)84-71(105)61(43(4)94)87-59(95)27-34-90(35-36-107-40-92)72(106)91-57-39-46(108-58-17-10-9-16-48(58)62(96)77-5)19-20-47(57)49(89-91)21-18-45-15-11-12-32-78-45/h6-21,32,39-43,50-56,60-61,93-94H,22-31,33-38,73-76H2,1-5H3,(H,77,96)(H,79,104)(H,80,100)(H,81,97)(H,82,102)(H,83,98)(H,84,105)(H,85,103)(H,86,99)(H,87,95)(H,88,101)/b21-18+/t42-,43-,50-,51-,52-,53-,54+,55-,56-,60-,61+/m1/s1. The zero-order valence-electron chi connectivity index (χ0n) is 60.8. The summed E-state index contributed by atoms with van der Waals surface area (Å²) in [5.41, 5.74) is 26.0. The zero-order valence-corrected chi connectivity index (χ0v) is 61.6. The summed E-state index contributed by atoms with van der Waals surface area (Å²) in [5.74, 6) is -10.3. The lowest BCUT2D eigenvalue weighted by atomic mass is 10.00. The fourth-order valence-corrected chi connectivity index (χ4v) is 12.4. The van der Waals surface area contributed by atoms with Crippen LogP contribution in [0.3, 0.4) is 0 Å². The van der Waals surface area contributed by atoms with E-state index in [4.69, 9.17) is 27.7 Å². The first-order valence-electron chi connectivity index (χ1n) is 35.4. The van der Waals surface area contributed by atoms with E-state index in [-0.39, 0.29) is 96.2 Å². The number of carbonyl (C=O) groups is 13. The predicted octanol–water partition coefficient (Wildman–Crippen LogP) is -2.73. The topological polar surface area (TPSA) is 542 Å². The average molecular weight is 1520 g/mol. The molecule has 0 spiro atoms. The van der Waals surface area contributed by atoms with Crippen molar-refractivity contribution >= 4 is 112 Å². The summed E-state index contributed by atoms with van der Waals surface area (Å²) < 4.78 is 6.09. The van der Waals surface area contributed by atoms with Crippen LogP contribution in [0.5, 0.6) is 0 Å². The molecule has 3 heterocycles. The molecule has 1 fully saturated rings. The first-order chi connectivity index (χ1) is 51.7. The molecule has 36 heteroatoms. The Morgan fingerprint density at radius 2 is 1.29 bits per heavy atom. The van der Waals surface area contributed by atoms with Gasteiger partial charge < -0.3 is 101 Å². The summed E-state index contributed by atoms with van der Waals surface area (Å²) in [4.78, 5) is 189. The second-order valence-corrected chi connectivity index (χ2v) is 27.0.